The Kier molecular flexibility index (Phi) is 5.70. The number of hydrogen-bond donors (Lipinski definition) is 0. The van der Waals surface area contributed by atoms with Crippen LogP contribution < -0.4 is 4.80 Å². The van der Waals surface area contributed by atoms with Crippen molar-refractivity contribution >= 4 is 22.7 Å². The van der Waals surface area contributed by atoms with Crippen LogP contribution in [0.25, 0.3) is 11.3 Å². The van der Waals surface area contributed by atoms with E-state index < -0.39 is 4.92 Å². The first-order valence-electron chi connectivity index (χ1n) is 8.58. The number of nitro groups is 1. The molecule has 0 radical (unpaired) electrons. The Hall–Kier alpha value is -3.26. The molecule has 0 saturated heterocycles. The van der Waals surface area contributed by atoms with Gasteiger partial charge in [-0.3, -0.25) is 15.1 Å². The second kappa shape index (κ2) is 8.18. The lowest BCUT2D eigenvalue weighted by molar-refractivity contribution is -0.384. The minimum absolute atomic E-state index is 0.0260. The Morgan fingerprint density at radius 2 is 2.11 bits per heavy atom. The monoisotopic (exact) mass is 396 g/mol. The number of hydrogen-bond acceptors (Lipinski definition) is 6. The summed E-state index contributed by atoms with van der Waals surface area (Å²) in [7, 11) is 0. The van der Waals surface area contributed by atoms with Crippen LogP contribution in [0.5, 0.6) is 0 Å². The predicted octanol–water partition coefficient (Wildman–Crippen LogP) is 4.78. The highest BCUT2D eigenvalue weighted by molar-refractivity contribution is 7.07. The van der Waals surface area contributed by atoms with Crippen LogP contribution in [0, 0.1) is 17.0 Å². The normalized spacial score (nSPS) is 12.4. The summed E-state index contributed by atoms with van der Waals surface area (Å²) >= 11 is 1.42. The molecule has 7 nitrogen and oxygen atoms in total. The summed E-state index contributed by atoms with van der Waals surface area (Å²) in [5, 5.41) is 17.7. The zero-order chi connectivity index (χ0) is 20.3. The van der Waals surface area contributed by atoms with Gasteiger partial charge in [0.2, 0.25) is 4.80 Å². The molecule has 2 aromatic heterocycles. The van der Waals surface area contributed by atoms with Crippen molar-refractivity contribution in [3.8, 4) is 11.3 Å². The summed E-state index contributed by atoms with van der Waals surface area (Å²) in [5.41, 5.74) is 3.04. The van der Waals surface area contributed by atoms with Gasteiger partial charge in [-0.25, -0.2) is 4.68 Å². The Morgan fingerprint density at radius 3 is 2.75 bits per heavy atom. The molecule has 8 heteroatoms. The second-order valence-electron chi connectivity index (χ2n) is 6.39. The highest BCUT2D eigenvalue weighted by Gasteiger charge is 2.13. The van der Waals surface area contributed by atoms with Crippen molar-refractivity contribution in [2.24, 2.45) is 10.1 Å². The SMILES string of the molecule is C=C(C)CN=c1scc(-c2cccc([N+](=O)[O-])c2)n1N=C(C)c1ccc(C)o1. The molecule has 3 rings (SSSR count). The van der Waals surface area contributed by atoms with Gasteiger partial charge in [0.25, 0.3) is 5.69 Å². The lowest BCUT2D eigenvalue weighted by Crippen LogP contribution is -2.14. The molecular weight excluding hydrogens is 376 g/mol. The van der Waals surface area contributed by atoms with Crippen LogP contribution in [-0.2, 0) is 0 Å². The number of nitro benzene ring substituents is 1. The van der Waals surface area contributed by atoms with Gasteiger partial charge in [-0.2, -0.15) is 5.10 Å². The minimum atomic E-state index is -0.410. The number of rotatable bonds is 6. The molecule has 0 N–H and O–H groups in total. The van der Waals surface area contributed by atoms with Crippen molar-refractivity contribution < 1.29 is 9.34 Å². The van der Waals surface area contributed by atoms with E-state index >= 15 is 0 Å². The van der Waals surface area contributed by atoms with Gasteiger partial charge < -0.3 is 4.42 Å². The number of aromatic nitrogens is 1. The topological polar surface area (TPSA) is 85.9 Å². The molecule has 0 unspecified atom stereocenters. The number of thiazole rings is 1. The highest BCUT2D eigenvalue weighted by Crippen LogP contribution is 2.24. The van der Waals surface area contributed by atoms with E-state index in [9.17, 15) is 10.1 Å². The average Bonchev–Trinajstić information content (AvgIpc) is 3.26. The van der Waals surface area contributed by atoms with E-state index in [2.05, 4.69) is 16.7 Å². The summed E-state index contributed by atoms with van der Waals surface area (Å²) in [6.07, 6.45) is 0. The van der Waals surface area contributed by atoms with E-state index in [4.69, 9.17) is 4.42 Å². The molecule has 0 spiro atoms. The first-order valence-corrected chi connectivity index (χ1v) is 9.45. The Bertz CT molecular complexity index is 1130. The standard InChI is InChI=1S/C20H20N4O3S/c1-13(2)11-21-20-23(22-15(4)19-9-8-14(3)27-19)18(12-28-20)16-6-5-7-17(10-16)24(25)26/h5-10,12H,1,11H2,2-4H3. The van der Waals surface area contributed by atoms with Gasteiger partial charge in [-0.05, 0) is 32.9 Å². The summed E-state index contributed by atoms with van der Waals surface area (Å²) in [5.74, 6) is 1.46. The molecule has 0 atom stereocenters. The maximum absolute atomic E-state index is 11.2. The van der Waals surface area contributed by atoms with Crippen LogP contribution in [-0.4, -0.2) is 21.9 Å². The predicted molar refractivity (Wildman–Crippen MR) is 111 cm³/mol. The third kappa shape index (κ3) is 4.34. The van der Waals surface area contributed by atoms with Crippen LogP contribution >= 0.6 is 11.3 Å². The molecule has 28 heavy (non-hydrogen) atoms. The quantitative estimate of drug-likeness (QED) is 0.260. The highest BCUT2D eigenvalue weighted by atomic mass is 32.1. The van der Waals surface area contributed by atoms with E-state index in [0.29, 0.717) is 28.4 Å². The molecule has 0 aliphatic heterocycles. The summed E-state index contributed by atoms with van der Waals surface area (Å²) in [4.78, 5) is 16.0. The van der Waals surface area contributed by atoms with Gasteiger partial charge in [0.1, 0.15) is 17.2 Å². The van der Waals surface area contributed by atoms with Crippen molar-refractivity contribution in [3.05, 3.63) is 80.4 Å². The molecule has 144 valence electrons. The van der Waals surface area contributed by atoms with Gasteiger partial charge in [0.05, 0.1) is 17.2 Å². The maximum Gasteiger partial charge on any atom is 0.270 e. The van der Waals surface area contributed by atoms with Gasteiger partial charge in [-0.1, -0.05) is 24.3 Å². The smallest absolute Gasteiger partial charge is 0.270 e. The lowest BCUT2D eigenvalue weighted by Gasteiger charge is -2.05. The van der Waals surface area contributed by atoms with Crippen LogP contribution in [0.3, 0.4) is 0 Å². The molecule has 0 amide bonds. The van der Waals surface area contributed by atoms with Crippen LogP contribution in [0.15, 0.2) is 68.4 Å². The minimum Gasteiger partial charge on any atom is -0.460 e. The largest absolute Gasteiger partial charge is 0.460 e. The maximum atomic E-state index is 11.2. The molecule has 1 aromatic carbocycles. The molecule has 0 saturated carbocycles. The second-order valence-corrected chi connectivity index (χ2v) is 7.23. The number of nitrogens with zero attached hydrogens (tertiary/aromatic N) is 4. The summed E-state index contributed by atoms with van der Waals surface area (Å²) < 4.78 is 7.35. The zero-order valence-corrected chi connectivity index (χ0v) is 16.7. The Morgan fingerprint density at radius 1 is 1.32 bits per heavy atom. The Balaban J connectivity index is 2.16. The van der Waals surface area contributed by atoms with E-state index in [-0.39, 0.29) is 5.69 Å². The molecule has 0 aliphatic rings. The van der Waals surface area contributed by atoms with Gasteiger partial charge in [0, 0.05) is 23.1 Å². The number of furan rings is 1. The van der Waals surface area contributed by atoms with Crippen molar-refractivity contribution in [3.63, 3.8) is 0 Å². The van der Waals surface area contributed by atoms with Crippen molar-refractivity contribution in [2.45, 2.75) is 20.8 Å². The fraction of sp³-hybridized carbons (Fsp3) is 0.200. The third-order valence-corrected chi connectivity index (χ3v) is 4.72. The summed E-state index contributed by atoms with van der Waals surface area (Å²) in [6, 6.07) is 10.2. The van der Waals surface area contributed by atoms with E-state index in [0.717, 1.165) is 17.0 Å². The Labute approximate surface area is 166 Å². The lowest BCUT2D eigenvalue weighted by atomic mass is 10.1. The molecule has 0 bridgehead atoms. The van der Waals surface area contributed by atoms with Gasteiger partial charge in [0.15, 0.2) is 0 Å². The van der Waals surface area contributed by atoms with E-state index in [1.807, 2.05) is 44.4 Å². The number of non-ortho nitro benzene ring substituents is 1. The first kappa shape index (κ1) is 19.5. The number of aryl methyl sites for hydroxylation is 1. The average molecular weight is 396 g/mol. The van der Waals surface area contributed by atoms with Gasteiger partial charge >= 0.3 is 0 Å². The van der Waals surface area contributed by atoms with Gasteiger partial charge in [-0.15, -0.1) is 11.3 Å². The first-order chi connectivity index (χ1) is 13.3. The van der Waals surface area contributed by atoms with Crippen LogP contribution in [0.4, 0.5) is 5.69 Å². The fourth-order valence-corrected chi connectivity index (χ4v) is 3.34. The van der Waals surface area contributed by atoms with E-state index in [1.54, 1.807) is 10.7 Å². The zero-order valence-electron chi connectivity index (χ0n) is 15.9. The molecule has 0 aliphatic carbocycles. The third-order valence-electron chi connectivity index (χ3n) is 3.87. The summed E-state index contributed by atoms with van der Waals surface area (Å²) in [6.45, 7) is 9.99. The van der Waals surface area contributed by atoms with Crippen molar-refractivity contribution in [2.75, 3.05) is 6.54 Å². The molecule has 3 aromatic rings. The fourth-order valence-electron chi connectivity index (χ4n) is 2.51. The van der Waals surface area contributed by atoms with E-state index in [1.165, 1.54) is 23.5 Å². The number of benzene rings is 1. The van der Waals surface area contributed by atoms with Crippen molar-refractivity contribution in [1.29, 1.82) is 0 Å². The van der Waals surface area contributed by atoms with Crippen LogP contribution in [0.2, 0.25) is 0 Å². The molecular formula is C20H20N4O3S. The molecule has 0 fully saturated rings. The van der Waals surface area contributed by atoms with Crippen LogP contribution in [0.1, 0.15) is 25.4 Å². The van der Waals surface area contributed by atoms with Crippen molar-refractivity contribution in [1.82, 2.24) is 4.68 Å². The molecule has 2 heterocycles.